The van der Waals surface area contributed by atoms with Gasteiger partial charge in [-0.25, -0.2) is 9.59 Å². The number of rotatable bonds is 7. The van der Waals surface area contributed by atoms with Crippen molar-refractivity contribution in [2.45, 2.75) is 20.8 Å². The van der Waals surface area contributed by atoms with Gasteiger partial charge in [-0.15, -0.1) is 11.3 Å². The minimum atomic E-state index is -0.676. The molecule has 9 heteroatoms. The predicted octanol–water partition coefficient (Wildman–Crippen LogP) is 2.63. The minimum Gasteiger partial charge on any atom is -0.462 e. The fraction of sp³-hybridized carbons (Fsp3) is 0.278. The van der Waals surface area contributed by atoms with Gasteiger partial charge < -0.3 is 14.8 Å². The number of Topliss-reactive ketones (excluding diaryl/α,β-unsaturated/α-hetero) is 1. The average Bonchev–Trinajstić information content (AvgIpc) is 2.97. The SMILES string of the molecule is CCOC(=O)c1c(NC(=O)COC(=O)c2ccncc2)sc(C(C)=O)c1C. The maximum Gasteiger partial charge on any atom is 0.341 e. The third-order valence-corrected chi connectivity index (χ3v) is 4.76. The number of carbonyl (C=O) groups excluding carboxylic acids is 4. The smallest absolute Gasteiger partial charge is 0.341 e. The summed E-state index contributed by atoms with van der Waals surface area (Å²) >= 11 is 0.976. The highest BCUT2D eigenvalue weighted by atomic mass is 32.1. The van der Waals surface area contributed by atoms with Gasteiger partial charge >= 0.3 is 11.9 Å². The van der Waals surface area contributed by atoms with E-state index < -0.39 is 24.5 Å². The summed E-state index contributed by atoms with van der Waals surface area (Å²) in [5.74, 6) is -2.18. The summed E-state index contributed by atoms with van der Waals surface area (Å²) in [4.78, 5) is 52.1. The van der Waals surface area contributed by atoms with Crippen LogP contribution in [-0.4, -0.2) is 41.8 Å². The molecule has 1 amide bonds. The Bertz CT molecular complexity index is 875. The van der Waals surface area contributed by atoms with Crippen LogP contribution >= 0.6 is 11.3 Å². The number of pyridine rings is 1. The van der Waals surface area contributed by atoms with Crippen molar-refractivity contribution in [3.63, 3.8) is 0 Å². The summed E-state index contributed by atoms with van der Waals surface area (Å²) in [6, 6.07) is 2.92. The van der Waals surface area contributed by atoms with Gasteiger partial charge in [0.25, 0.3) is 5.91 Å². The van der Waals surface area contributed by atoms with Crippen molar-refractivity contribution in [2.75, 3.05) is 18.5 Å². The molecule has 142 valence electrons. The maximum absolute atomic E-state index is 12.2. The second-order valence-corrected chi connectivity index (χ2v) is 6.42. The molecule has 0 spiro atoms. The van der Waals surface area contributed by atoms with Gasteiger partial charge in [-0.05, 0) is 38.5 Å². The van der Waals surface area contributed by atoms with Crippen molar-refractivity contribution in [1.29, 1.82) is 0 Å². The third-order valence-electron chi connectivity index (χ3n) is 3.45. The van der Waals surface area contributed by atoms with Crippen molar-refractivity contribution < 1.29 is 28.7 Å². The van der Waals surface area contributed by atoms with Crippen LogP contribution in [-0.2, 0) is 14.3 Å². The number of ether oxygens (including phenoxy) is 2. The van der Waals surface area contributed by atoms with Crippen molar-refractivity contribution >= 4 is 40.0 Å². The highest BCUT2D eigenvalue weighted by molar-refractivity contribution is 7.18. The molecule has 0 saturated heterocycles. The Morgan fingerprint density at radius 3 is 2.37 bits per heavy atom. The lowest BCUT2D eigenvalue weighted by Gasteiger charge is -2.08. The summed E-state index contributed by atoms with van der Waals surface area (Å²) in [7, 11) is 0. The molecule has 0 radical (unpaired) electrons. The van der Waals surface area contributed by atoms with E-state index in [0.29, 0.717) is 10.4 Å². The van der Waals surface area contributed by atoms with Gasteiger partial charge in [0.2, 0.25) is 0 Å². The second-order valence-electron chi connectivity index (χ2n) is 5.40. The van der Waals surface area contributed by atoms with Crippen LogP contribution in [0, 0.1) is 6.92 Å². The molecule has 0 atom stereocenters. The molecular formula is C18H18N2O6S. The molecule has 2 heterocycles. The molecule has 0 fully saturated rings. The van der Waals surface area contributed by atoms with Crippen molar-refractivity contribution in [1.82, 2.24) is 4.98 Å². The van der Waals surface area contributed by atoms with Gasteiger partial charge in [0.1, 0.15) is 5.00 Å². The fourth-order valence-electron chi connectivity index (χ4n) is 2.25. The molecule has 0 aliphatic rings. The van der Waals surface area contributed by atoms with E-state index in [-0.39, 0.29) is 28.5 Å². The first-order valence-corrected chi connectivity index (χ1v) is 8.85. The molecule has 0 saturated carbocycles. The third kappa shape index (κ3) is 4.98. The molecule has 0 unspecified atom stereocenters. The van der Waals surface area contributed by atoms with E-state index in [1.54, 1.807) is 13.8 Å². The first kappa shape index (κ1) is 20.2. The van der Waals surface area contributed by atoms with Crippen molar-refractivity contribution in [3.8, 4) is 0 Å². The molecule has 0 aromatic carbocycles. The van der Waals surface area contributed by atoms with Gasteiger partial charge in [-0.3, -0.25) is 14.6 Å². The van der Waals surface area contributed by atoms with Crippen LogP contribution in [0.3, 0.4) is 0 Å². The molecule has 0 aliphatic heterocycles. The first-order chi connectivity index (χ1) is 12.8. The van der Waals surface area contributed by atoms with E-state index in [1.165, 1.54) is 31.5 Å². The molecular weight excluding hydrogens is 372 g/mol. The molecule has 2 aromatic rings. The standard InChI is InChI=1S/C18H18N2O6S/c1-4-25-18(24)14-10(2)15(11(3)21)27-16(14)20-13(22)9-26-17(23)12-5-7-19-8-6-12/h5-8H,4,9H2,1-3H3,(H,20,22). The number of nitrogens with one attached hydrogen (secondary N) is 1. The number of hydrogen-bond donors (Lipinski definition) is 1. The van der Waals surface area contributed by atoms with E-state index in [0.717, 1.165) is 11.3 Å². The predicted molar refractivity (Wildman–Crippen MR) is 98.2 cm³/mol. The number of nitrogens with zero attached hydrogens (tertiary/aromatic N) is 1. The largest absolute Gasteiger partial charge is 0.462 e. The molecule has 0 bridgehead atoms. The number of thiophene rings is 1. The summed E-state index contributed by atoms with van der Waals surface area (Å²) in [6.07, 6.45) is 2.86. The first-order valence-electron chi connectivity index (χ1n) is 8.03. The number of amides is 1. The van der Waals surface area contributed by atoms with E-state index >= 15 is 0 Å². The normalized spacial score (nSPS) is 10.2. The maximum atomic E-state index is 12.2. The Morgan fingerprint density at radius 1 is 1.11 bits per heavy atom. The molecule has 27 heavy (non-hydrogen) atoms. The summed E-state index contributed by atoms with van der Waals surface area (Å²) < 4.78 is 9.93. The van der Waals surface area contributed by atoms with Gasteiger partial charge in [0.05, 0.1) is 22.6 Å². The zero-order chi connectivity index (χ0) is 20.0. The number of ketones is 1. The van der Waals surface area contributed by atoms with E-state index in [9.17, 15) is 19.2 Å². The summed E-state index contributed by atoms with van der Waals surface area (Å²) in [5.41, 5.74) is 0.826. The lowest BCUT2D eigenvalue weighted by molar-refractivity contribution is -0.119. The highest BCUT2D eigenvalue weighted by Gasteiger charge is 2.25. The second kappa shape index (κ2) is 9.04. The van der Waals surface area contributed by atoms with E-state index in [4.69, 9.17) is 9.47 Å². The minimum absolute atomic E-state index is 0.126. The monoisotopic (exact) mass is 390 g/mol. The Kier molecular flexibility index (Phi) is 6.78. The topological polar surface area (TPSA) is 112 Å². The molecule has 2 aromatic heterocycles. The zero-order valence-electron chi connectivity index (χ0n) is 15.0. The number of hydrogen-bond acceptors (Lipinski definition) is 8. The highest BCUT2D eigenvalue weighted by Crippen LogP contribution is 2.34. The van der Waals surface area contributed by atoms with E-state index in [1.807, 2.05) is 0 Å². The van der Waals surface area contributed by atoms with Crippen molar-refractivity contribution in [2.24, 2.45) is 0 Å². The average molecular weight is 390 g/mol. The zero-order valence-corrected chi connectivity index (χ0v) is 15.8. The summed E-state index contributed by atoms with van der Waals surface area (Å²) in [5, 5.41) is 2.69. The number of esters is 2. The molecule has 2 rings (SSSR count). The lowest BCUT2D eigenvalue weighted by Crippen LogP contribution is -2.21. The molecule has 8 nitrogen and oxygen atoms in total. The Balaban J connectivity index is 2.12. The number of aromatic nitrogens is 1. The van der Waals surface area contributed by atoms with Gasteiger partial charge in [-0.2, -0.15) is 0 Å². The van der Waals surface area contributed by atoms with Crippen LogP contribution in [0.2, 0.25) is 0 Å². The van der Waals surface area contributed by atoms with Gasteiger partial charge in [-0.1, -0.05) is 0 Å². The molecule has 0 aliphatic carbocycles. The van der Waals surface area contributed by atoms with Crippen LogP contribution in [0.25, 0.3) is 0 Å². The Labute approximate surface area is 159 Å². The van der Waals surface area contributed by atoms with E-state index in [2.05, 4.69) is 10.3 Å². The fourth-order valence-corrected chi connectivity index (χ4v) is 3.36. The summed E-state index contributed by atoms with van der Waals surface area (Å²) in [6.45, 7) is 4.24. The van der Waals surface area contributed by atoms with Crippen LogP contribution in [0.5, 0.6) is 0 Å². The van der Waals surface area contributed by atoms with Gasteiger partial charge in [0.15, 0.2) is 12.4 Å². The Hall–Kier alpha value is -3.07. The van der Waals surface area contributed by atoms with Crippen LogP contribution in [0.4, 0.5) is 5.00 Å². The van der Waals surface area contributed by atoms with Crippen LogP contribution in [0.1, 0.15) is 49.8 Å². The lowest BCUT2D eigenvalue weighted by atomic mass is 10.1. The number of carbonyl (C=O) groups is 4. The number of anilines is 1. The van der Waals surface area contributed by atoms with Gasteiger partial charge in [0, 0.05) is 12.4 Å². The van der Waals surface area contributed by atoms with Crippen LogP contribution in [0.15, 0.2) is 24.5 Å². The van der Waals surface area contributed by atoms with Crippen molar-refractivity contribution in [3.05, 3.63) is 46.1 Å². The Morgan fingerprint density at radius 2 is 1.78 bits per heavy atom. The van der Waals surface area contributed by atoms with Crippen LogP contribution < -0.4 is 5.32 Å². The molecule has 1 N–H and O–H groups in total. The quantitative estimate of drug-likeness (QED) is 0.571.